The normalized spacial score (nSPS) is 22.1. The first-order valence-electron chi connectivity index (χ1n) is 4.93. The highest BCUT2D eigenvalue weighted by Gasteiger charge is 2.36. The molecule has 0 bridgehead atoms. The average Bonchev–Trinajstić information content (AvgIpc) is 2.29. The molecule has 0 radical (unpaired) electrons. The van der Waals surface area contributed by atoms with Crippen molar-refractivity contribution in [2.45, 2.75) is 12.3 Å². The van der Waals surface area contributed by atoms with Crippen LogP contribution in [0.3, 0.4) is 0 Å². The molecule has 2 rings (SSSR count). The van der Waals surface area contributed by atoms with E-state index >= 15 is 0 Å². The summed E-state index contributed by atoms with van der Waals surface area (Å²) in [5, 5.41) is 2.98. The number of pyridine rings is 1. The van der Waals surface area contributed by atoms with E-state index in [0.29, 0.717) is 19.7 Å². The van der Waals surface area contributed by atoms with E-state index in [0.717, 1.165) is 6.07 Å². The number of alkyl halides is 3. The lowest BCUT2D eigenvalue weighted by Crippen LogP contribution is -2.34. The highest BCUT2D eigenvalue weighted by molar-refractivity contribution is 5.25. The average molecular weight is 232 g/mol. The summed E-state index contributed by atoms with van der Waals surface area (Å²) in [7, 11) is 0. The first-order valence-corrected chi connectivity index (χ1v) is 4.93. The smallest absolute Gasteiger partial charge is 0.369 e. The van der Waals surface area contributed by atoms with Gasteiger partial charge in [0, 0.05) is 19.3 Å². The van der Waals surface area contributed by atoms with Gasteiger partial charge in [0.2, 0.25) is 0 Å². The highest BCUT2D eigenvalue weighted by Crippen LogP contribution is 2.34. The van der Waals surface area contributed by atoms with E-state index in [4.69, 9.17) is 4.74 Å². The van der Waals surface area contributed by atoms with Gasteiger partial charge in [-0.3, -0.25) is 4.98 Å². The fourth-order valence-electron chi connectivity index (χ4n) is 1.65. The van der Waals surface area contributed by atoms with Crippen LogP contribution in [-0.2, 0) is 10.9 Å². The number of hydrogen-bond acceptors (Lipinski definition) is 3. The Morgan fingerprint density at radius 3 is 2.88 bits per heavy atom. The third-order valence-electron chi connectivity index (χ3n) is 2.38. The van der Waals surface area contributed by atoms with Gasteiger partial charge in [-0.05, 0) is 12.1 Å². The Balaban J connectivity index is 2.32. The first kappa shape index (κ1) is 11.3. The summed E-state index contributed by atoms with van der Waals surface area (Å²) < 4.78 is 43.3. The summed E-state index contributed by atoms with van der Waals surface area (Å²) >= 11 is 0. The molecule has 0 spiro atoms. The maximum absolute atomic E-state index is 12.7. The van der Waals surface area contributed by atoms with Gasteiger partial charge >= 0.3 is 6.18 Å². The molecule has 16 heavy (non-hydrogen) atoms. The zero-order valence-electron chi connectivity index (χ0n) is 8.42. The molecule has 0 aromatic carbocycles. The number of morpholine rings is 1. The molecule has 2 heterocycles. The van der Waals surface area contributed by atoms with Crippen LogP contribution >= 0.6 is 0 Å². The first-order chi connectivity index (χ1) is 7.59. The van der Waals surface area contributed by atoms with E-state index in [1.807, 2.05) is 0 Å². The van der Waals surface area contributed by atoms with Gasteiger partial charge in [-0.2, -0.15) is 13.2 Å². The maximum Gasteiger partial charge on any atom is 0.418 e. The van der Waals surface area contributed by atoms with Crippen LogP contribution in [0.4, 0.5) is 13.2 Å². The number of nitrogens with zero attached hydrogens (tertiary/aromatic N) is 1. The van der Waals surface area contributed by atoms with Crippen LogP contribution in [-0.4, -0.2) is 24.7 Å². The van der Waals surface area contributed by atoms with Gasteiger partial charge in [-0.25, -0.2) is 0 Å². The lowest BCUT2D eigenvalue weighted by molar-refractivity contribution is -0.140. The minimum atomic E-state index is -4.38. The van der Waals surface area contributed by atoms with Crippen molar-refractivity contribution in [1.82, 2.24) is 10.3 Å². The van der Waals surface area contributed by atoms with Crippen molar-refractivity contribution in [1.29, 1.82) is 0 Å². The van der Waals surface area contributed by atoms with Crippen molar-refractivity contribution in [3.63, 3.8) is 0 Å². The van der Waals surface area contributed by atoms with Crippen molar-refractivity contribution < 1.29 is 17.9 Å². The molecule has 1 aromatic rings. The minimum Gasteiger partial charge on any atom is -0.369 e. The molecule has 0 saturated carbocycles. The Labute approximate surface area is 90.6 Å². The minimum absolute atomic E-state index is 0.0396. The molecule has 1 saturated heterocycles. The number of ether oxygens (including phenoxy) is 1. The SMILES string of the molecule is FC(F)(F)c1cccnc1C1CNCCO1. The number of hydrogen-bond donors (Lipinski definition) is 1. The van der Waals surface area contributed by atoms with Crippen LogP contribution in [0.25, 0.3) is 0 Å². The molecule has 88 valence electrons. The van der Waals surface area contributed by atoms with Gasteiger partial charge in [-0.15, -0.1) is 0 Å². The van der Waals surface area contributed by atoms with Crippen LogP contribution in [0, 0.1) is 0 Å². The molecule has 1 N–H and O–H groups in total. The molecule has 1 aliphatic heterocycles. The molecule has 3 nitrogen and oxygen atoms in total. The van der Waals surface area contributed by atoms with E-state index in [1.54, 1.807) is 0 Å². The summed E-state index contributed by atoms with van der Waals surface area (Å²) in [6.45, 7) is 1.42. The zero-order chi connectivity index (χ0) is 11.6. The predicted molar refractivity (Wildman–Crippen MR) is 50.8 cm³/mol. The largest absolute Gasteiger partial charge is 0.418 e. The molecule has 1 aromatic heterocycles. The van der Waals surface area contributed by atoms with Crippen LogP contribution in [0.2, 0.25) is 0 Å². The molecule has 0 aliphatic carbocycles. The van der Waals surface area contributed by atoms with Crippen molar-refractivity contribution in [2.75, 3.05) is 19.7 Å². The van der Waals surface area contributed by atoms with Crippen molar-refractivity contribution >= 4 is 0 Å². The van der Waals surface area contributed by atoms with E-state index in [9.17, 15) is 13.2 Å². The summed E-state index contributed by atoms with van der Waals surface area (Å²) in [5.41, 5.74) is -0.758. The number of rotatable bonds is 1. The lowest BCUT2D eigenvalue weighted by Gasteiger charge is -2.25. The monoisotopic (exact) mass is 232 g/mol. The molecule has 1 aliphatic rings. The second-order valence-corrected chi connectivity index (χ2v) is 3.50. The predicted octanol–water partition coefficient (Wildman–Crippen LogP) is 1.76. The summed E-state index contributed by atoms with van der Waals surface area (Å²) in [6, 6.07) is 2.31. The quantitative estimate of drug-likeness (QED) is 0.801. The van der Waals surface area contributed by atoms with E-state index < -0.39 is 17.8 Å². The fraction of sp³-hybridized carbons (Fsp3) is 0.500. The van der Waals surface area contributed by atoms with Gasteiger partial charge in [0.25, 0.3) is 0 Å². The van der Waals surface area contributed by atoms with Crippen LogP contribution in [0.15, 0.2) is 18.3 Å². The van der Waals surface area contributed by atoms with Gasteiger partial charge in [0.1, 0.15) is 6.10 Å². The zero-order valence-corrected chi connectivity index (χ0v) is 8.42. The topological polar surface area (TPSA) is 34.2 Å². The summed E-state index contributed by atoms with van der Waals surface area (Å²) in [4.78, 5) is 3.78. The van der Waals surface area contributed by atoms with E-state index in [2.05, 4.69) is 10.3 Å². The lowest BCUT2D eigenvalue weighted by atomic mass is 10.1. The number of aromatic nitrogens is 1. The maximum atomic E-state index is 12.7. The second-order valence-electron chi connectivity index (χ2n) is 3.50. The van der Waals surface area contributed by atoms with Gasteiger partial charge < -0.3 is 10.1 Å². The molecule has 0 amide bonds. The summed E-state index contributed by atoms with van der Waals surface area (Å²) in [5.74, 6) is 0. The summed E-state index contributed by atoms with van der Waals surface area (Å²) in [6.07, 6.45) is -3.65. The van der Waals surface area contributed by atoms with Gasteiger partial charge in [-0.1, -0.05) is 0 Å². The Morgan fingerprint density at radius 1 is 1.44 bits per heavy atom. The Hall–Kier alpha value is -1.14. The molecular weight excluding hydrogens is 221 g/mol. The van der Waals surface area contributed by atoms with Crippen molar-refractivity contribution in [3.8, 4) is 0 Å². The van der Waals surface area contributed by atoms with Crippen molar-refractivity contribution in [3.05, 3.63) is 29.6 Å². The Bertz CT molecular complexity index is 361. The van der Waals surface area contributed by atoms with Crippen LogP contribution < -0.4 is 5.32 Å². The van der Waals surface area contributed by atoms with Crippen molar-refractivity contribution in [2.24, 2.45) is 0 Å². The molecule has 1 atom stereocenters. The van der Waals surface area contributed by atoms with Gasteiger partial charge in [0.05, 0.1) is 17.9 Å². The van der Waals surface area contributed by atoms with Gasteiger partial charge in [0.15, 0.2) is 0 Å². The third kappa shape index (κ3) is 2.33. The molecule has 1 unspecified atom stereocenters. The number of halogens is 3. The molecular formula is C10H11F3N2O. The molecule has 6 heteroatoms. The van der Waals surface area contributed by atoms with Crippen LogP contribution in [0.1, 0.15) is 17.4 Å². The Kier molecular flexibility index (Phi) is 3.11. The van der Waals surface area contributed by atoms with Crippen LogP contribution in [0.5, 0.6) is 0 Å². The number of nitrogens with one attached hydrogen (secondary N) is 1. The highest BCUT2D eigenvalue weighted by atomic mass is 19.4. The van der Waals surface area contributed by atoms with E-state index in [1.165, 1.54) is 12.3 Å². The third-order valence-corrected chi connectivity index (χ3v) is 2.38. The fourth-order valence-corrected chi connectivity index (χ4v) is 1.65. The van der Waals surface area contributed by atoms with E-state index in [-0.39, 0.29) is 5.69 Å². The molecule has 1 fully saturated rings. The standard InChI is InChI=1S/C10H11F3N2O/c11-10(12,13)7-2-1-3-15-9(7)8-6-14-4-5-16-8/h1-3,8,14H,4-6H2. The Morgan fingerprint density at radius 2 is 2.25 bits per heavy atom. The second kappa shape index (κ2) is 4.39.